The van der Waals surface area contributed by atoms with Crippen LogP contribution in [0.4, 0.5) is 0 Å². The molecule has 0 aliphatic heterocycles. The second-order valence-corrected chi connectivity index (χ2v) is 15.7. The molecule has 1 aliphatic carbocycles. The molecule has 0 radical (unpaired) electrons. The molecule has 1 aliphatic rings. The minimum Gasteiger partial charge on any atom is -0.462 e. The summed E-state index contributed by atoms with van der Waals surface area (Å²) in [7, 11) is -4.68. The van der Waals surface area contributed by atoms with Crippen LogP contribution in [-0.4, -0.2) is 82.7 Å². The summed E-state index contributed by atoms with van der Waals surface area (Å²) in [6.07, 6.45) is 35.0. The topological polar surface area (TPSA) is 186 Å². The average Bonchev–Trinajstić information content (AvgIpc) is 3.55. The molecule has 0 bridgehead atoms. The van der Waals surface area contributed by atoms with Crippen molar-refractivity contribution in [1.82, 2.24) is 0 Å². The number of esters is 2. The van der Waals surface area contributed by atoms with E-state index in [2.05, 4.69) is 54.8 Å². The first kappa shape index (κ1) is 52.1. The van der Waals surface area contributed by atoms with E-state index in [9.17, 15) is 34.1 Å². The highest BCUT2D eigenvalue weighted by Crippen LogP contribution is 2.43. The molecule has 0 saturated heterocycles. The van der Waals surface area contributed by atoms with E-state index in [4.69, 9.17) is 19.1 Å². The molecule has 12 nitrogen and oxygen atoms in total. The summed E-state index contributed by atoms with van der Waals surface area (Å²) >= 11 is 0. The van der Waals surface area contributed by atoms with E-state index in [1.807, 2.05) is 24.3 Å². The quantitative estimate of drug-likeness (QED) is 0.0207. The molecule has 0 amide bonds. The van der Waals surface area contributed by atoms with Crippen molar-refractivity contribution in [2.45, 2.75) is 148 Å². The van der Waals surface area contributed by atoms with Crippen LogP contribution in [0.5, 0.6) is 0 Å². The smallest absolute Gasteiger partial charge is 0.462 e. The van der Waals surface area contributed by atoms with Gasteiger partial charge in [-0.25, -0.2) is 4.57 Å². The SMILES string of the molecule is CC/C=C\C/C=C\C/C=C\CCCCCCCC(=O)OC[C@H](COP(=O)(O)OC[C@@H](O)CO)OC(=O)CCC/C=C\C[C@H]1C=CC(=O)[C@@H]1/C=C/[C@@H](O)CCCCC. The number of allylic oxidation sites excluding steroid dienone is 11. The van der Waals surface area contributed by atoms with E-state index >= 15 is 0 Å². The molecule has 0 spiro atoms. The lowest BCUT2D eigenvalue weighted by Gasteiger charge is -2.20. The van der Waals surface area contributed by atoms with Crippen molar-refractivity contribution in [1.29, 1.82) is 0 Å². The number of unbranched alkanes of at least 4 members (excludes halogenated alkanes) is 8. The predicted octanol–water partition coefficient (Wildman–Crippen LogP) is 8.50. The van der Waals surface area contributed by atoms with E-state index in [0.717, 1.165) is 70.6 Å². The summed E-state index contributed by atoms with van der Waals surface area (Å²) in [6.45, 7) is 1.89. The maximum atomic E-state index is 12.7. The standard InChI is InChI=1S/C44H71O12P/c1-3-5-7-8-9-10-11-12-13-14-15-16-17-18-23-27-43(49)53-35-40(36-55-57(51,52)54-34-39(47)33-45)56-44(50)28-24-20-19-22-25-37-29-32-42(48)41(37)31-30-38(46)26-21-6-4-2/h5,7,9-10,12-13,19,22,29-32,37-41,45-47H,3-4,6,8,11,14-18,20-21,23-28,33-36H2,1-2H3,(H,51,52)/b7-5-,10-9-,13-12-,22-19-,31-30+/t37-,38-,39-,40+,41+/m0/s1. The minimum atomic E-state index is -4.68. The molecular formula is C44H71O12P. The lowest BCUT2D eigenvalue weighted by molar-refractivity contribution is -0.161. The molecule has 1 rings (SSSR count). The van der Waals surface area contributed by atoms with Crippen LogP contribution in [0.2, 0.25) is 0 Å². The van der Waals surface area contributed by atoms with Gasteiger partial charge in [-0.2, -0.15) is 0 Å². The molecule has 0 saturated carbocycles. The fraction of sp³-hybridized carbons (Fsp3) is 0.659. The summed E-state index contributed by atoms with van der Waals surface area (Å²) in [5, 5.41) is 28.6. The molecule has 0 aromatic rings. The van der Waals surface area contributed by atoms with Gasteiger partial charge in [0.05, 0.1) is 25.9 Å². The predicted molar refractivity (Wildman–Crippen MR) is 223 cm³/mol. The fourth-order valence-electron chi connectivity index (χ4n) is 5.76. The Kier molecular flexibility index (Phi) is 31.0. The Hall–Kier alpha value is -2.96. The highest BCUT2D eigenvalue weighted by atomic mass is 31.2. The number of carbonyl (C=O) groups is 3. The van der Waals surface area contributed by atoms with Crippen LogP contribution in [0.1, 0.15) is 129 Å². The number of ether oxygens (including phenoxy) is 2. The number of hydrogen-bond donors (Lipinski definition) is 4. The lowest BCUT2D eigenvalue weighted by atomic mass is 9.90. The first-order valence-corrected chi connectivity index (χ1v) is 22.4. The Morgan fingerprint density at radius 2 is 1.44 bits per heavy atom. The highest BCUT2D eigenvalue weighted by Gasteiger charge is 2.28. The van der Waals surface area contributed by atoms with Gasteiger partial charge in [0.2, 0.25) is 0 Å². The minimum absolute atomic E-state index is 0.00620. The maximum absolute atomic E-state index is 12.7. The number of ketones is 1. The zero-order valence-electron chi connectivity index (χ0n) is 34.4. The van der Waals surface area contributed by atoms with Crippen LogP contribution in [0, 0.1) is 11.8 Å². The van der Waals surface area contributed by atoms with Gasteiger partial charge >= 0.3 is 19.8 Å². The summed E-state index contributed by atoms with van der Waals surface area (Å²) in [5.41, 5.74) is 0. The third kappa shape index (κ3) is 29.0. The van der Waals surface area contributed by atoms with Crippen LogP contribution in [-0.2, 0) is 37.5 Å². The van der Waals surface area contributed by atoms with Crippen LogP contribution in [0.25, 0.3) is 0 Å². The van der Waals surface area contributed by atoms with Gasteiger partial charge in [0.1, 0.15) is 12.7 Å². The average molecular weight is 823 g/mol. The van der Waals surface area contributed by atoms with Crippen molar-refractivity contribution in [2.24, 2.45) is 11.8 Å². The van der Waals surface area contributed by atoms with Crippen LogP contribution < -0.4 is 0 Å². The van der Waals surface area contributed by atoms with Crippen molar-refractivity contribution >= 4 is 25.5 Å². The number of carbonyl (C=O) groups excluding carboxylic acids is 3. The van der Waals surface area contributed by atoms with Gasteiger partial charge in [0.15, 0.2) is 11.9 Å². The second kappa shape index (κ2) is 34.0. The molecular weight excluding hydrogens is 751 g/mol. The number of hydrogen-bond acceptors (Lipinski definition) is 11. The van der Waals surface area contributed by atoms with Crippen molar-refractivity contribution in [3.05, 3.63) is 72.9 Å². The maximum Gasteiger partial charge on any atom is 0.472 e. The van der Waals surface area contributed by atoms with Gasteiger partial charge < -0.3 is 29.7 Å². The Labute approximate surface area is 341 Å². The summed E-state index contributed by atoms with van der Waals surface area (Å²) in [4.78, 5) is 47.5. The van der Waals surface area contributed by atoms with E-state index in [1.165, 1.54) is 0 Å². The van der Waals surface area contributed by atoms with Gasteiger partial charge in [0, 0.05) is 18.8 Å². The van der Waals surface area contributed by atoms with E-state index in [1.54, 1.807) is 12.2 Å². The number of rotatable bonds is 35. The van der Waals surface area contributed by atoms with Crippen molar-refractivity contribution in [2.75, 3.05) is 26.4 Å². The lowest BCUT2D eigenvalue weighted by Crippen LogP contribution is -2.29. The van der Waals surface area contributed by atoms with E-state index < -0.39 is 57.9 Å². The molecule has 0 aromatic heterocycles. The molecule has 0 heterocycles. The Morgan fingerprint density at radius 3 is 2.18 bits per heavy atom. The third-order valence-corrected chi connectivity index (χ3v) is 10.0. The monoisotopic (exact) mass is 822 g/mol. The molecule has 4 N–H and O–H groups in total. The van der Waals surface area contributed by atoms with Crippen molar-refractivity contribution in [3.8, 4) is 0 Å². The Balaban J connectivity index is 2.48. The Bertz CT molecular complexity index is 1320. The molecule has 1 unspecified atom stereocenters. The number of phosphoric ester groups is 1. The van der Waals surface area contributed by atoms with Crippen LogP contribution in [0.3, 0.4) is 0 Å². The third-order valence-electron chi connectivity index (χ3n) is 9.09. The van der Waals surface area contributed by atoms with Crippen molar-refractivity contribution in [3.63, 3.8) is 0 Å². The second-order valence-electron chi connectivity index (χ2n) is 14.3. The van der Waals surface area contributed by atoms with Crippen molar-refractivity contribution < 1.29 is 57.7 Å². The van der Waals surface area contributed by atoms with E-state index in [-0.39, 0.29) is 37.1 Å². The largest absolute Gasteiger partial charge is 0.472 e. The Morgan fingerprint density at radius 1 is 0.789 bits per heavy atom. The van der Waals surface area contributed by atoms with Gasteiger partial charge in [-0.15, -0.1) is 0 Å². The van der Waals surface area contributed by atoms with E-state index in [0.29, 0.717) is 32.1 Å². The molecule has 324 valence electrons. The molecule has 13 heteroatoms. The first-order valence-electron chi connectivity index (χ1n) is 21.0. The highest BCUT2D eigenvalue weighted by molar-refractivity contribution is 7.47. The number of aliphatic hydroxyl groups is 3. The normalized spacial score (nSPS) is 18.7. The van der Waals surface area contributed by atoms with Crippen LogP contribution >= 0.6 is 7.82 Å². The fourth-order valence-corrected chi connectivity index (χ4v) is 6.55. The summed E-state index contributed by atoms with van der Waals surface area (Å²) in [5.74, 6) is -1.40. The molecule has 0 fully saturated rings. The number of aliphatic hydroxyl groups excluding tert-OH is 3. The zero-order valence-corrected chi connectivity index (χ0v) is 35.3. The summed E-state index contributed by atoms with van der Waals surface area (Å²) < 4.78 is 32.6. The molecule has 6 atom stereocenters. The molecule has 0 aromatic carbocycles. The van der Waals surface area contributed by atoms with Gasteiger partial charge in [0.25, 0.3) is 0 Å². The number of phosphoric acid groups is 1. The summed E-state index contributed by atoms with van der Waals surface area (Å²) in [6, 6.07) is 0. The van der Waals surface area contributed by atoms with Gasteiger partial charge in [-0.05, 0) is 76.2 Å². The van der Waals surface area contributed by atoms with Gasteiger partial charge in [-0.1, -0.05) is 119 Å². The molecule has 57 heavy (non-hydrogen) atoms. The van der Waals surface area contributed by atoms with Crippen LogP contribution in [0.15, 0.2) is 72.9 Å². The zero-order chi connectivity index (χ0) is 42.0. The first-order chi connectivity index (χ1) is 27.5. The van der Waals surface area contributed by atoms with Gasteiger partial charge in [-0.3, -0.25) is 23.4 Å².